The number of carboxylic acid groups (broad SMARTS) is 1. The molecule has 0 fully saturated rings. The molecule has 0 amide bonds. The van der Waals surface area contributed by atoms with Gasteiger partial charge >= 0.3 is 5.97 Å². The molecule has 0 spiro atoms. The van der Waals surface area contributed by atoms with Crippen LogP contribution >= 0.6 is 0 Å². The van der Waals surface area contributed by atoms with E-state index in [1.165, 1.54) is 0 Å². The van der Waals surface area contributed by atoms with Crippen LogP contribution in [-0.4, -0.2) is 32.7 Å². The molecule has 0 aliphatic carbocycles. The van der Waals surface area contributed by atoms with E-state index in [1.54, 1.807) is 6.92 Å². The summed E-state index contributed by atoms with van der Waals surface area (Å²) in [5.74, 6) is 0.105. The fourth-order valence-electron chi connectivity index (χ4n) is 2.62. The van der Waals surface area contributed by atoms with E-state index in [4.69, 9.17) is 0 Å². The van der Waals surface area contributed by atoms with Gasteiger partial charge in [-0.05, 0) is 32.0 Å². The number of rotatable bonds is 7. The number of hydrogen-bond acceptors (Lipinski definition) is 3. The Morgan fingerprint density at radius 1 is 1.38 bits per heavy atom. The van der Waals surface area contributed by atoms with E-state index in [0.717, 1.165) is 29.7 Å². The summed E-state index contributed by atoms with van der Waals surface area (Å²) >= 11 is 0. The summed E-state index contributed by atoms with van der Waals surface area (Å²) < 4.78 is 2.04. The minimum absolute atomic E-state index is 0.367. The lowest BCUT2D eigenvalue weighted by Gasteiger charge is -2.27. The average Bonchev–Trinajstić information content (AvgIpc) is 2.77. The third kappa shape index (κ3) is 3.08. The Hall–Kier alpha value is -1.88. The highest BCUT2D eigenvalue weighted by Crippen LogP contribution is 2.20. The van der Waals surface area contributed by atoms with Crippen molar-refractivity contribution in [3.63, 3.8) is 0 Å². The molecule has 1 heterocycles. The van der Waals surface area contributed by atoms with Gasteiger partial charge in [0.05, 0.1) is 17.6 Å². The molecule has 21 heavy (non-hydrogen) atoms. The number of nitrogens with zero attached hydrogens (tertiary/aromatic N) is 2. The van der Waals surface area contributed by atoms with Crippen LogP contribution in [0, 0.1) is 0 Å². The molecule has 5 nitrogen and oxygen atoms in total. The molecule has 5 heteroatoms. The van der Waals surface area contributed by atoms with E-state index in [1.807, 2.05) is 35.8 Å². The number of fused-ring (bicyclic) bond motifs is 1. The van der Waals surface area contributed by atoms with Crippen LogP contribution in [-0.2, 0) is 17.8 Å². The Kier molecular flexibility index (Phi) is 4.63. The van der Waals surface area contributed by atoms with Crippen LogP contribution in [0.15, 0.2) is 24.3 Å². The second-order valence-electron chi connectivity index (χ2n) is 5.52. The molecule has 1 aromatic carbocycles. The SMILES string of the molecule is CCCc1nc2ccccc2n1CC(C)(NCC)C(=O)O. The quantitative estimate of drug-likeness (QED) is 0.821. The molecule has 0 saturated heterocycles. The highest BCUT2D eigenvalue weighted by Gasteiger charge is 2.33. The number of aryl methyl sites for hydroxylation is 1. The van der Waals surface area contributed by atoms with Gasteiger partial charge in [-0.25, -0.2) is 4.98 Å². The van der Waals surface area contributed by atoms with Gasteiger partial charge in [0.15, 0.2) is 0 Å². The summed E-state index contributed by atoms with van der Waals surface area (Å²) in [6.07, 6.45) is 1.82. The zero-order chi connectivity index (χ0) is 15.5. The molecule has 1 atom stereocenters. The summed E-state index contributed by atoms with van der Waals surface area (Å²) in [6, 6.07) is 7.88. The first-order chi connectivity index (χ1) is 10.0. The van der Waals surface area contributed by atoms with Crippen molar-refractivity contribution in [2.45, 2.75) is 45.7 Å². The lowest BCUT2D eigenvalue weighted by atomic mass is 10.0. The van der Waals surface area contributed by atoms with E-state index in [0.29, 0.717) is 13.1 Å². The van der Waals surface area contributed by atoms with Gasteiger partial charge in [-0.3, -0.25) is 4.79 Å². The molecule has 0 aliphatic rings. The van der Waals surface area contributed by atoms with Crippen molar-refractivity contribution in [1.82, 2.24) is 14.9 Å². The lowest BCUT2D eigenvalue weighted by Crippen LogP contribution is -2.52. The number of aromatic nitrogens is 2. The Balaban J connectivity index is 2.48. The van der Waals surface area contributed by atoms with Gasteiger partial charge < -0.3 is 15.0 Å². The van der Waals surface area contributed by atoms with Gasteiger partial charge in [-0.15, -0.1) is 0 Å². The summed E-state index contributed by atoms with van der Waals surface area (Å²) in [5, 5.41) is 12.6. The molecule has 114 valence electrons. The van der Waals surface area contributed by atoms with E-state index in [9.17, 15) is 9.90 Å². The Bertz CT molecular complexity index is 635. The first-order valence-electron chi connectivity index (χ1n) is 7.44. The molecule has 1 unspecified atom stereocenters. The third-order valence-corrected chi connectivity index (χ3v) is 3.72. The Morgan fingerprint density at radius 3 is 2.71 bits per heavy atom. The average molecular weight is 289 g/mol. The van der Waals surface area contributed by atoms with Gasteiger partial charge in [0, 0.05) is 6.42 Å². The summed E-state index contributed by atoms with van der Waals surface area (Å²) in [7, 11) is 0. The predicted octanol–water partition coefficient (Wildman–Crippen LogP) is 2.44. The highest BCUT2D eigenvalue weighted by atomic mass is 16.4. The van der Waals surface area contributed by atoms with E-state index in [2.05, 4.69) is 17.2 Å². The van der Waals surface area contributed by atoms with Crippen molar-refractivity contribution < 1.29 is 9.90 Å². The van der Waals surface area contributed by atoms with Crippen LogP contribution in [0.2, 0.25) is 0 Å². The zero-order valence-corrected chi connectivity index (χ0v) is 12.9. The highest BCUT2D eigenvalue weighted by molar-refractivity contribution is 5.80. The fraction of sp³-hybridized carbons (Fsp3) is 0.500. The molecule has 0 radical (unpaired) electrons. The number of para-hydroxylation sites is 2. The topological polar surface area (TPSA) is 67.2 Å². The van der Waals surface area contributed by atoms with Gasteiger partial charge in [0.25, 0.3) is 0 Å². The zero-order valence-electron chi connectivity index (χ0n) is 12.9. The van der Waals surface area contributed by atoms with Crippen molar-refractivity contribution >= 4 is 17.0 Å². The second-order valence-corrected chi connectivity index (χ2v) is 5.52. The third-order valence-electron chi connectivity index (χ3n) is 3.72. The van der Waals surface area contributed by atoms with Crippen LogP contribution in [0.4, 0.5) is 0 Å². The number of likely N-dealkylation sites (N-methyl/N-ethyl adjacent to an activating group) is 1. The second kappa shape index (κ2) is 6.26. The first-order valence-corrected chi connectivity index (χ1v) is 7.44. The monoisotopic (exact) mass is 289 g/mol. The summed E-state index contributed by atoms with van der Waals surface area (Å²) in [5.41, 5.74) is 0.914. The van der Waals surface area contributed by atoms with Gasteiger partial charge in [0.1, 0.15) is 11.4 Å². The molecular formula is C16H23N3O2. The van der Waals surface area contributed by atoms with E-state index in [-0.39, 0.29) is 0 Å². The molecule has 1 aromatic heterocycles. The fourth-order valence-corrected chi connectivity index (χ4v) is 2.62. The number of nitrogens with one attached hydrogen (secondary N) is 1. The molecular weight excluding hydrogens is 266 g/mol. The number of hydrogen-bond donors (Lipinski definition) is 2. The maximum absolute atomic E-state index is 11.6. The van der Waals surface area contributed by atoms with Crippen molar-refractivity contribution in [3.05, 3.63) is 30.1 Å². The predicted molar refractivity (Wildman–Crippen MR) is 83.4 cm³/mol. The van der Waals surface area contributed by atoms with Crippen LogP contribution in [0.3, 0.4) is 0 Å². The summed E-state index contributed by atoms with van der Waals surface area (Å²) in [6.45, 7) is 6.72. The molecule has 2 rings (SSSR count). The van der Waals surface area contributed by atoms with Gasteiger partial charge in [-0.2, -0.15) is 0 Å². The molecule has 0 saturated carbocycles. The van der Waals surface area contributed by atoms with Crippen molar-refractivity contribution in [1.29, 1.82) is 0 Å². The Morgan fingerprint density at radius 2 is 2.10 bits per heavy atom. The Labute approximate surface area is 125 Å². The summed E-state index contributed by atoms with van der Waals surface area (Å²) in [4.78, 5) is 16.3. The minimum Gasteiger partial charge on any atom is -0.480 e. The van der Waals surface area contributed by atoms with Crippen molar-refractivity contribution in [3.8, 4) is 0 Å². The first kappa shape index (κ1) is 15.5. The van der Waals surface area contributed by atoms with Crippen LogP contribution < -0.4 is 5.32 Å². The number of carbonyl (C=O) groups is 1. The maximum Gasteiger partial charge on any atom is 0.325 e. The molecule has 2 aromatic rings. The van der Waals surface area contributed by atoms with Crippen molar-refractivity contribution in [2.24, 2.45) is 0 Å². The molecule has 0 aliphatic heterocycles. The van der Waals surface area contributed by atoms with Crippen LogP contribution in [0.25, 0.3) is 11.0 Å². The minimum atomic E-state index is -0.999. The largest absolute Gasteiger partial charge is 0.480 e. The standard InChI is InChI=1S/C16H23N3O2/c1-4-8-14-18-12-9-6-7-10-13(12)19(14)11-16(3,15(20)21)17-5-2/h6-7,9-10,17H,4-5,8,11H2,1-3H3,(H,20,21). The molecule has 2 N–H and O–H groups in total. The number of imidazole rings is 1. The molecule has 0 bridgehead atoms. The van der Waals surface area contributed by atoms with E-state index >= 15 is 0 Å². The van der Waals surface area contributed by atoms with Crippen LogP contribution in [0.5, 0.6) is 0 Å². The van der Waals surface area contributed by atoms with Crippen molar-refractivity contribution in [2.75, 3.05) is 6.54 Å². The van der Waals surface area contributed by atoms with Gasteiger partial charge in [-0.1, -0.05) is 26.0 Å². The normalized spacial score (nSPS) is 14.2. The number of benzene rings is 1. The smallest absolute Gasteiger partial charge is 0.325 e. The van der Waals surface area contributed by atoms with Crippen LogP contribution in [0.1, 0.15) is 33.0 Å². The maximum atomic E-state index is 11.6. The lowest BCUT2D eigenvalue weighted by molar-refractivity contribution is -0.144. The number of carboxylic acids is 1. The number of aliphatic carboxylic acids is 1. The van der Waals surface area contributed by atoms with E-state index < -0.39 is 11.5 Å². The van der Waals surface area contributed by atoms with Gasteiger partial charge in [0.2, 0.25) is 0 Å².